The maximum absolute atomic E-state index is 13.6. The number of rotatable bonds is 0. The van der Waals surface area contributed by atoms with Crippen molar-refractivity contribution in [1.29, 1.82) is 0 Å². The smallest absolute Gasteiger partial charge is 0.268 e. The maximum Gasteiger partial charge on any atom is 0.268 e. The van der Waals surface area contributed by atoms with Crippen LogP contribution in [0.4, 0.5) is 4.39 Å². The predicted molar refractivity (Wildman–Crippen MR) is 57.2 cm³/mol. The Kier molecular flexibility index (Phi) is 2.15. The highest BCUT2D eigenvalue weighted by Gasteiger charge is 2.10. The zero-order valence-electron chi connectivity index (χ0n) is 7.42. The highest BCUT2D eigenvalue weighted by atomic mass is 79.9. The molecule has 0 aliphatic heterocycles. The van der Waals surface area contributed by atoms with E-state index in [-0.39, 0.29) is 17.1 Å². The van der Waals surface area contributed by atoms with Crippen molar-refractivity contribution in [3.63, 3.8) is 0 Å². The normalized spacial score (nSPS) is 10.8. The zero-order chi connectivity index (χ0) is 10.3. The first-order valence-electron chi connectivity index (χ1n) is 4.09. The number of pyridine rings is 1. The topological polar surface area (TPSA) is 22.0 Å². The van der Waals surface area contributed by atoms with Crippen LogP contribution in [0.25, 0.3) is 10.8 Å². The molecule has 0 bridgehead atoms. The van der Waals surface area contributed by atoms with Crippen LogP contribution in [0.2, 0.25) is 0 Å². The van der Waals surface area contributed by atoms with E-state index in [1.807, 2.05) is 0 Å². The molecule has 2 nitrogen and oxygen atoms in total. The standard InChI is InChI=1S/C10H7BrFNO/c1-6-9(12)7-4-2-3-5-8(7)10(14)13(6)11/h2-5H,1H3. The Morgan fingerprint density at radius 2 is 1.86 bits per heavy atom. The van der Waals surface area contributed by atoms with Crippen molar-refractivity contribution >= 4 is 26.9 Å². The van der Waals surface area contributed by atoms with Gasteiger partial charge in [-0.05, 0) is 13.0 Å². The van der Waals surface area contributed by atoms with Gasteiger partial charge in [0.05, 0.1) is 27.2 Å². The number of aromatic nitrogens is 1. The Morgan fingerprint density at radius 3 is 2.50 bits per heavy atom. The van der Waals surface area contributed by atoms with Crippen LogP contribution >= 0.6 is 16.1 Å². The molecule has 0 atom stereocenters. The van der Waals surface area contributed by atoms with Crippen LogP contribution in [0.5, 0.6) is 0 Å². The van der Waals surface area contributed by atoms with Crippen molar-refractivity contribution in [3.05, 3.63) is 46.1 Å². The minimum atomic E-state index is -0.364. The summed E-state index contributed by atoms with van der Waals surface area (Å²) < 4.78 is 14.8. The largest absolute Gasteiger partial charge is 0.268 e. The molecule has 4 heteroatoms. The van der Waals surface area contributed by atoms with E-state index in [0.29, 0.717) is 10.8 Å². The molecule has 0 fully saturated rings. The van der Waals surface area contributed by atoms with Crippen molar-refractivity contribution in [2.24, 2.45) is 0 Å². The first-order chi connectivity index (χ1) is 6.63. The molecule has 0 saturated heterocycles. The highest BCUT2D eigenvalue weighted by Crippen LogP contribution is 2.17. The van der Waals surface area contributed by atoms with E-state index < -0.39 is 0 Å². The van der Waals surface area contributed by atoms with Crippen LogP contribution in [-0.4, -0.2) is 3.59 Å². The third kappa shape index (κ3) is 1.18. The van der Waals surface area contributed by atoms with Crippen LogP contribution in [0.3, 0.4) is 0 Å². The zero-order valence-corrected chi connectivity index (χ0v) is 9.01. The molecule has 2 aromatic rings. The second kappa shape index (κ2) is 3.20. The third-order valence-corrected chi connectivity index (χ3v) is 3.04. The first kappa shape index (κ1) is 9.40. The third-order valence-electron chi connectivity index (χ3n) is 2.18. The molecule has 0 amide bonds. The van der Waals surface area contributed by atoms with Crippen LogP contribution in [-0.2, 0) is 0 Å². The van der Waals surface area contributed by atoms with Crippen LogP contribution in [0.1, 0.15) is 5.69 Å². The molecular formula is C10H7BrFNO. The summed E-state index contributed by atoms with van der Waals surface area (Å²) in [5.74, 6) is -0.364. The van der Waals surface area contributed by atoms with E-state index in [1.54, 1.807) is 31.2 Å². The number of nitrogens with zero attached hydrogens (tertiary/aromatic N) is 1. The lowest BCUT2D eigenvalue weighted by Crippen LogP contribution is -2.16. The number of benzene rings is 1. The molecule has 0 aliphatic carbocycles. The fourth-order valence-electron chi connectivity index (χ4n) is 1.40. The van der Waals surface area contributed by atoms with Gasteiger partial charge in [-0.3, -0.25) is 4.79 Å². The molecule has 0 spiro atoms. The summed E-state index contributed by atoms with van der Waals surface area (Å²) in [6, 6.07) is 6.64. The van der Waals surface area contributed by atoms with Crippen molar-refractivity contribution in [1.82, 2.24) is 3.59 Å². The lowest BCUT2D eigenvalue weighted by atomic mass is 10.1. The van der Waals surface area contributed by atoms with Gasteiger partial charge in [-0.1, -0.05) is 18.2 Å². The molecule has 1 heterocycles. The van der Waals surface area contributed by atoms with Gasteiger partial charge in [0.25, 0.3) is 5.56 Å². The van der Waals surface area contributed by atoms with Gasteiger partial charge >= 0.3 is 0 Å². The Bertz CT molecular complexity index is 562. The molecule has 0 unspecified atom stereocenters. The Hall–Kier alpha value is -1.16. The van der Waals surface area contributed by atoms with Crippen molar-refractivity contribution in [2.75, 3.05) is 0 Å². The van der Waals surface area contributed by atoms with Gasteiger partial charge in [0, 0.05) is 5.39 Å². The van der Waals surface area contributed by atoms with Crippen LogP contribution < -0.4 is 5.56 Å². The van der Waals surface area contributed by atoms with Gasteiger partial charge in [0.1, 0.15) is 0 Å². The molecule has 0 N–H and O–H groups in total. The average Bonchev–Trinajstić information content (AvgIpc) is 2.23. The summed E-state index contributed by atoms with van der Waals surface area (Å²) in [6.07, 6.45) is 0. The summed E-state index contributed by atoms with van der Waals surface area (Å²) in [5.41, 5.74) is 0.0493. The minimum absolute atomic E-state index is 0.237. The van der Waals surface area contributed by atoms with Crippen molar-refractivity contribution < 1.29 is 4.39 Å². The second-order valence-corrected chi connectivity index (χ2v) is 3.74. The molecule has 14 heavy (non-hydrogen) atoms. The predicted octanol–water partition coefficient (Wildman–Crippen LogP) is 2.61. The van der Waals surface area contributed by atoms with Gasteiger partial charge in [-0.2, -0.15) is 0 Å². The van der Waals surface area contributed by atoms with E-state index >= 15 is 0 Å². The summed E-state index contributed by atoms with van der Waals surface area (Å²) in [7, 11) is 0. The molecular weight excluding hydrogens is 249 g/mol. The Balaban J connectivity index is 3.10. The van der Waals surface area contributed by atoms with Gasteiger partial charge in [0.2, 0.25) is 0 Å². The summed E-state index contributed by atoms with van der Waals surface area (Å²) in [4.78, 5) is 11.7. The number of hydrogen-bond acceptors (Lipinski definition) is 1. The Morgan fingerprint density at radius 1 is 1.29 bits per heavy atom. The number of hydrogen-bond donors (Lipinski definition) is 0. The maximum atomic E-state index is 13.6. The second-order valence-electron chi connectivity index (χ2n) is 3.03. The van der Waals surface area contributed by atoms with E-state index in [4.69, 9.17) is 0 Å². The molecule has 0 aliphatic rings. The fraction of sp³-hybridized carbons (Fsp3) is 0.100. The monoisotopic (exact) mass is 255 g/mol. The van der Waals surface area contributed by atoms with Crippen molar-refractivity contribution in [3.8, 4) is 0 Å². The Labute approximate surface area is 88.3 Å². The van der Waals surface area contributed by atoms with Crippen molar-refractivity contribution in [2.45, 2.75) is 6.92 Å². The quantitative estimate of drug-likeness (QED) is 0.710. The molecule has 1 aromatic carbocycles. The average molecular weight is 256 g/mol. The number of fused-ring (bicyclic) bond motifs is 1. The van der Waals surface area contributed by atoms with Crippen LogP contribution in [0.15, 0.2) is 29.1 Å². The summed E-state index contributed by atoms with van der Waals surface area (Å²) in [6.45, 7) is 1.55. The SMILES string of the molecule is Cc1c(F)c2ccccc2c(=O)n1Br. The van der Waals surface area contributed by atoms with E-state index in [2.05, 4.69) is 16.1 Å². The molecule has 0 radical (unpaired) electrons. The minimum Gasteiger partial charge on any atom is -0.268 e. The number of halogens is 2. The molecule has 0 saturated carbocycles. The van der Waals surface area contributed by atoms with Gasteiger partial charge in [-0.25, -0.2) is 7.98 Å². The molecule has 2 rings (SSSR count). The van der Waals surface area contributed by atoms with Crippen LogP contribution in [0, 0.1) is 12.7 Å². The first-order valence-corrected chi connectivity index (χ1v) is 4.80. The van der Waals surface area contributed by atoms with E-state index in [1.165, 1.54) is 0 Å². The van der Waals surface area contributed by atoms with Gasteiger partial charge in [-0.15, -0.1) is 0 Å². The molecule has 1 aromatic heterocycles. The fourth-order valence-corrected chi connectivity index (χ4v) is 1.75. The van der Waals surface area contributed by atoms with E-state index in [0.717, 1.165) is 3.59 Å². The lowest BCUT2D eigenvalue weighted by molar-refractivity contribution is 0.619. The highest BCUT2D eigenvalue weighted by molar-refractivity contribution is 9.08. The van der Waals surface area contributed by atoms with E-state index in [9.17, 15) is 9.18 Å². The van der Waals surface area contributed by atoms with Gasteiger partial charge in [0.15, 0.2) is 5.82 Å². The lowest BCUT2D eigenvalue weighted by Gasteiger charge is -2.05. The van der Waals surface area contributed by atoms with Gasteiger partial charge < -0.3 is 0 Å². The molecule has 72 valence electrons. The summed E-state index contributed by atoms with van der Waals surface area (Å²) >= 11 is 3.02. The summed E-state index contributed by atoms with van der Waals surface area (Å²) in [5, 5.41) is 0.748.